The molecule has 8 heteroatoms. The molecule has 3 aromatic rings. The van der Waals surface area contributed by atoms with Crippen molar-refractivity contribution in [1.29, 1.82) is 0 Å². The van der Waals surface area contributed by atoms with Gasteiger partial charge in [0, 0.05) is 16.0 Å². The summed E-state index contributed by atoms with van der Waals surface area (Å²) in [5.41, 5.74) is 2.73. The molecule has 0 unspecified atom stereocenters. The number of hydrogen-bond donors (Lipinski definition) is 0. The van der Waals surface area contributed by atoms with Crippen LogP contribution in [-0.2, 0) is 19.6 Å². The highest BCUT2D eigenvalue weighted by Gasteiger charge is 2.56. The molecule has 0 saturated carbocycles. The second-order valence-electron chi connectivity index (χ2n) is 9.19. The minimum atomic E-state index is -3.96. The molecule has 1 heterocycles. The zero-order valence-electron chi connectivity index (χ0n) is 19.9. The summed E-state index contributed by atoms with van der Waals surface area (Å²) in [4.78, 5) is 13.8. The van der Waals surface area contributed by atoms with Gasteiger partial charge in [-0.1, -0.05) is 71.2 Å². The second kappa shape index (κ2) is 9.25. The van der Waals surface area contributed by atoms with Crippen LogP contribution in [0.3, 0.4) is 0 Å². The van der Waals surface area contributed by atoms with Gasteiger partial charge in [0.15, 0.2) is 0 Å². The number of rotatable bonds is 5. The number of ether oxygens (including phenoxy) is 1. The molecule has 0 aromatic heterocycles. The van der Waals surface area contributed by atoms with Gasteiger partial charge in [-0.25, -0.2) is 8.42 Å². The molecule has 3 aromatic carbocycles. The van der Waals surface area contributed by atoms with E-state index in [0.717, 1.165) is 22.3 Å². The zero-order chi connectivity index (χ0) is 25.7. The van der Waals surface area contributed by atoms with Gasteiger partial charge in [0.25, 0.3) is 10.0 Å². The molecule has 0 spiro atoms. The van der Waals surface area contributed by atoms with Gasteiger partial charge in [0.05, 0.1) is 23.7 Å². The molecule has 0 radical (unpaired) electrons. The SMILES string of the molecule is CCOC(=O)[C@@]12C=C(c3ccc(Cl)cc3Cl)C[C@H]1c1ccccc1N(S(=O)(=O)c1ccc(C)cc1)C2. The number of aryl methyl sites for hydroxylation is 1. The summed E-state index contributed by atoms with van der Waals surface area (Å²) in [5.74, 6) is -0.757. The van der Waals surface area contributed by atoms with Crippen LogP contribution < -0.4 is 4.31 Å². The van der Waals surface area contributed by atoms with Gasteiger partial charge < -0.3 is 4.74 Å². The first kappa shape index (κ1) is 24.9. The van der Waals surface area contributed by atoms with Gasteiger partial charge in [0.2, 0.25) is 0 Å². The van der Waals surface area contributed by atoms with Crippen LogP contribution in [0.1, 0.15) is 36.0 Å². The number of carbonyl (C=O) groups excluding carboxylic acids is 1. The Bertz CT molecular complexity index is 1480. The van der Waals surface area contributed by atoms with Gasteiger partial charge in [-0.15, -0.1) is 0 Å². The predicted octanol–water partition coefficient (Wildman–Crippen LogP) is 6.63. The molecule has 1 aliphatic heterocycles. The number of hydrogen-bond acceptors (Lipinski definition) is 4. The smallest absolute Gasteiger partial charge is 0.318 e. The fourth-order valence-electron chi connectivity index (χ4n) is 5.27. The maximum Gasteiger partial charge on any atom is 0.318 e. The Hall–Kier alpha value is -2.80. The van der Waals surface area contributed by atoms with Crippen LogP contribution in [0.2, 0.25) is 10.0 Å². The van der Waals surface area contributed by atoms with E-state index in [1.54, 1.807) is 49.4 Å². The number of esters is 1. The molecule has 0 bridgehead atoms. The molecule has 2 aliphatic rings. The van der Waals surface area contributed by atoms with Crippen molar-refractivity contribution >= 4 is 50.5 Å². The highest BCUT2D eigenvalue weighted by atomic mass is 35.5. The average Bonchev–Trinajstić information content (AvgIpc) is 3.25. The van der Waals surface area contributed by atoms with Crippen molar-refractivity contribution in [2.45, 2.75) is 31.1 Å². The summed E-state index contributed by atoms with van der Waals surface area (Å²) in [5, 5.41) is 0.990. The Morgan fingerprint density at radius 2 is 1.81 bits per heavy atom. The number of anilines is 1. The lowest BCUT2D eigenvalue weighted by molar-refractivity contribution is -0.152. The number of para-hydroxylation sites is 1. The monoisotopic (exact) mass is 541 g/mol. The van der Waals surface area contributed by atoms with E-state index >= 15 is 0 Å². The molecular weight excluding hydrogens is 517 g/mol. The number of carbonyl (C=O) groups is 1. The van der Waals surface area contributed by atoms with Crippen molar-refractivity contribution in [3.8, 4) is 0 Å². The quantitative estimate of drug-likeness (QED) is 0.340. The minimum Gasteiger partial charge on any atom is -0.465 e. The molecule has 0 saturated heterocycles. The molecule has 0 fully saturated rings. The third-order valence-corrected chi connectivity index (χ3v) is 9.33. The molecule has 36 heavy (non-hydrogen) atoms. The molecule has 0 amide bonds. The first-order valence-electron chi connectivity index (χ1n) is 11.7. The van der Waals surface area contributed by atoms with Gasteiger partial charge in [0.1, 0.15) is 5.41 Å². The van der Waals surface area contributed by atoms with Crippen molar-refractivity contribution in [2.24, 2.45) is 5.41 Å². The molecule has 1 aliphatic carbocycles. The standard InChI is InChI=1S/C28H25Cl2NO4S/c1-3-35-27(32)28-16-19(22-13-10-20(29)15-25(22)30)14-24(28)23-6-4-5-7-26(23)31(17-28)36(33,34)21-11-8-18(2)9-12-21/h4-13,15-16,24H,3,14,17H2,1-2H3/t24-,28+/m0/s1. The average molecular weight is 542 g/mol. The third kappa shape index (κ3) is 4.01. The normalized spacial score (nSPS) is 20.9. The first-order chi connectivity index (χ1) is 17.2. The lowest BCUT2D eigenvalue weighted by Crippen LogP contribution is -2.51. The van der Waals surface area contributed by atoms with E-state index in [2.05, 4.69) is 0 Å². The van der Waals surface area contributed by atoms with E-state index in [1.165, 1.54) is 4.31 Å². The van der Waals surface area contributed by atoms with Crippen molar-refractivity contribution in [3.63, 3.8) is 0 Å². The lowest BCUT2D eigenvalue weighted by Gasteiger charge is -2.43. The minimum absolute atomic E-state index is 0.0710. The van der Waals surface area contributed by atoms with Crippen LogP contribution in [-0.4, -0.2) is 27.5 Å². The number of allylic oxidation sites excluding steroid dienone is 1. The maximum absolute atomic E-state index is 13.9. The Labute approximate surface area is 221 Å². The maximum atomic E-state index is 13.9. The van der Waals surface area contributed by atoms with Crippen LogP contribution in [0.4, 0.5) is 5.69 Å². The van der Waals surface area contributed by atoms with Crippen LogP contribution in [0.15, 0.2) is 77.7 Å². The second-order valence-corrected chi connectivity index (χ2v) is 11.9. The van der Waals surface area contributed by atoms with Crippen LogP contribution >= 0.6 is 23.2 Å². The Morgan fingerprint density at radius 1 is 1.08 bits per heavy atom. The first-order valence-corrected chi connectivity index (χ1v) is 13.9. The summed E-state index contributed by atoms with van der Waals surface area (Å²) < 4.78 is 34.8. The summed E-state index contributed by atoms with van der Waals surface area (Å²) in [6.45, 7) is 3.76. The van der Waals surface area contributed by atoms with Gasteiger partial charge in [-0.3, -0.25) is 9.10 Å². The van der Waals surface area contributed by atoms with Crippen LogP contribution in [0, 0.1) is 12.3 Å². The number of nitrogens with zero attached hydrogens (tertiary/aromatic N) is 1. The fraction of sp³-hybridized carbons (Fsp3) is 0.250. The van der Waals surface area contributed by atoms with E-state index < -0.39 is 21.4 Å². The molecule has 5 rings (SSSR count). The summed E-state index contributed by atoms with van der Waals surface area (Å²) in [6, 6.07) is 19.3. The van der Waals surface area contributed by atoms with Crippen molar-refractivity contribution in [1.82, 2.24) is 0 Å². The van der Waals surface area contributed by atoms with Crippen LogP contribution in [0.5, 0.6) is 0 Å². The Balaban J connectivity index is 1.71. The summed E-state index contributed by atoms with van der Waals surface area (Å²) in [6.07, 6.45) is 2.37. The van der Waals surface area contributed by atoms with E-state index in [9.17, 15) is 13.2 Å². The fourth-order valence-corrected chi connectivity index (χ4v) is 7.34. The van der Waals surface area contributed by atoms with E-state index in [1.807, 2.05) is 37.3 Å². The van der Waals surface area contributed by atoms with E-state index in [4.69, 9.17) is 27.9 Å². The summed E-state index contributed by atoms with van der Waals surface area (Å²) >= 11 is 12.7. The van der Waals surface area contributed by atoms with E-state index in [0.29, 0.717) is 22.2 Å². The predicted molar refractivity (Wildman–Crippen MR) is 143 cm³/mol. The van der Waals surface area contributed by atoms with Crippen molar-refractivity contribution < 1.29 is 17.9 Å². The van der Waals surface area contributed by atoms with Gasteiger partial charge >= 0.3 is 5.97 Å². The number of halogens is 2. The highest BCUT2D eigenvalue weighted by molar-refractivity contribution is 7.92. The number of benzene rings is 3. The van der Waals surface area contributed by atoms with Crippen molar-refractivity contribution in [3.05, 3.63) is 99.5 Å². The third-order valence-electron chi connectivity index (χ3n) is 7.01. The molecule has 2 atom stereocenters. The molecule has 186 valence electrons. The molecular formula is C28H25Cl2NO4S. The van der Waals surface area contributed by atoms with Crippen molar-refractivity contribution in [2.75, 3.05) is 17.5 Å². The molecule has 0 N–H and O–H groups in total. The largest absolute Gasteiger partial charge is 0.465 e. The zero-order valence-corrected chi connectivity index (χ0v) is 22.2. The number of sulfonamides is 1. The summed E-state index contributed by atoms with van der Waals surface area (Å²) in [7, 11) is -3.96. The van der Waals surface area contributed by atoms with Gasteiger partial charge in [-0.05, 0) is 67.3 Å². The number of fused-ring (bicyclic) bond motifs is 3. The lowest BCUT2D eigenvalue weighted by atomic mass is 9.71. The Kier molecular flexibility index (Phi) is 6.39. The van der Waals surface area contributed by atoms with Crippen LogP contribution in [0.25, 0.3) is 5.57 Å². The molecule has 5 nitrogen and oxygen atoms in total. The topological polar surface area (TPSA) is 63.7 Å². The highest BCUT2D eigenvalue weighted by Crippen LogP contribution is 2.58. The van der Waals surface area contributed by atoms with Gasteiger partial charge in [-0.2, -0.15) is 0 Å². The van der Waals surface area contributed by atoms with E-state index in [-0.39, 0.29) is 24.0 Å². The Morgan fingerprint density at radius 3 is 2.50 bits per heavy atom.